The Morgan fingerprint density at radius 3 is 2.68 bits per heavy atom. The van der Waals surface area contributed by atoms with Crippen LogP contribution in [-0.4, -0.2) is 34.5 Å². The molecule has 10 atom stereocenters. The third kappa shape index (κ3) is 1.97. The number of Topliss-reactive ketones (excluding diaryl/α,β-unsaturated/α-hetero) is 1. The third-order valence-electron chi connectivity index (χ3n) is 9.41. The lowest BCUT2D eigenvalue weighted by molar-refractivity contribution is -0.161. The minimum atomic E-state index is -0.763. The van der Waals surface area contributed by atoms with Gasteiger partial charge in [0.1, 0.15) is 5.78 Å². The largest absolute Gasteiger partial charge is 0.393 e. The number of aliphatic hydroxyl groups is 2. The first kappa shape index (κ1) is 16.7. The van der Waals surface area contributed by atoms with E-state index in [1.165, 1.54) is 12.8 Å². The van der Waals surface area contributed by atoms with Gasteiger partial charge in [0.2, 0.25) is 0 Å². The van der Waals surface area contributed by atoms with E-state index in [0.29, 0.717) is 23.7 Å². The lowest BCUT2D eigenvalue weighted by Gasteiger charge is -2.60. The lowest BCUT2D eigenvalue weighted by Crippen LogP contribution is -2.57. The van der Waals surface area contributed by atoms with Crippen molar-refractivity contribution in [3.8, 4) is 0 Å². The second-order valence-electron chi connectivity index (χ2n) is 10.1. The molecule has 1 heterocycles. The molecule has 4 nitrogen and oxygen atoms in total. The topological polar surface area (TPSA) is 66.8 Å². The van der Waals surface area contributed by atoms with Crippen molar-refractivity contribution in [2.75, 3.05) is 0 Å². The molecule has 25 heavy (non-hydrogen) atoms. The van der Waals surface area contributed by atoms with E-state index in [9.17, 15) is 15.0 Å². The van der Waals surface area contributed by atoms with Crippen LogP contribution in [0.1, 0.15) is 65.2 Å². The van der Waals surface area contributed by atoms with E-state index < -0.39 is 6.29 Å². The molecular formula is C21H32O4. The average Bonchev–Trinajstić information content (AvgIpc) is 3.08. The number of ether oxygens (including phenoxy) is 1. The Morgan fingerprint density at radius 2 is 1.92 bits per heavy atom. The highest BCUT2D eigenvalue weighted by Gasteiger charge is 2.71. The first-order valence-electron chi connectivity index (χ1n) is 10.4. The first-order chi connectivity index (χ1) is 11.9. The molecule has 0 aromatic heterocycles. The van der Waals surface area contributed by atoms with Gasteiger partial charge in [0, 0.05) is 11.3 Å². The van der Waals surface area contributed by atoms with Crippen molar-refractivity contribution in [1.29, 1.82) is 0 Å². The molecule has 0 aromatic rings. The fraction of sp³-hybridized carbons (Fsp3) is 0.952. The number of fused-ring (bicyclic) bond motifs is 6. The van der Waals surface area contributed by atoms with Crippen molar-refractivity contribution >= 4 is 5.78 Å². The molecule has 1 spiro atoms. The number of aliphatic hydroxyl groups excluding tert-OH is 2. The highest BCUT2D eigenvalue weighted by molar-refractivity contribution is 5.80. The van der Waals surface area contributed by atoms with Gasteiger partial charge < -0.3 is 14.9 Å². The molecule has 4 heteroatoms. The van der Waals surface area contributed by atoms with Crippen LogP contribution in [-0.2, 0) is 9.53 Å². The molecule has 1 saturated heterocycles. The molecule has 5 fully saturated rings. The van der Waals surface area contributed by atoms with Crippen molar-refractivity contribution in [2.24, 2.45) is 40.4 Å². The lowest BCUT2D eigenvalue weighted by atomic mass is 9.44. The van der Waals surface area contributed by atoms with Crippen LogP contribution in [0.15, 0.2) is 0 Å². The Morgan fingerprint density at radius 1 is 1.12 bits per heavy atom. The molecule has 1 aliphatic heterocycles. The predicted octanol–water partition coefficient (Wildman–Crippen LogP) is 2.90. The zero-order chi connectivity index (χ0) is 17.6. The van der Waals surface area contributed by atoms with E-state index in [1.807, 2.05) is 0 Å². The summed E-state index contributed by atoms with van der Waals surface area (Å²) in [6.07, 6.45) is 7.34. The summed E-state index contributed by atoms with van der Waals surface area (Å²) < 4.78 is 6.22. The van der Waals surface area contributed by atoms with Gasteiger partial charge in [-0.3, -0.25) is 4.79 Å². The van der Waals surface area contributed by atoms with E-state index in [1.54, 1.807) is 6.92 Å². The monoisotopic (exact) mass is 348 g/mol. The van der Waals surface area contributed by atoms with Gasteiger partial charge in [0.15, 0.2) is 6.29 Å². The van der Waals surface area contributed by atoms with Crippen LogP contribution in [0.5, 0.6) is 0 Å². The summed E-state index contributed by atoms with van der Waals surface area (Å²) in [5.41, 5.74) is -0.0909. The summed E-state index contributed by atoms with van der Waals surface area (Å²) in [6.45, 7) is 4.13. The number of hydrogen-bond acceptors (Lipinski definition) is 4. The molecule has 0 aromatic carbocycles. The second-order valence-corrected chi connectivity index (χ2v) is 10.1. The maximum Gasteiger partial charge on any atom is 0.161 e. The van der Waals surface area contributed by atoms with Crippen LogP contribution < -0.4 is 0 Å². The molecule has 4 aliphatic carbocycles. The van der Waals surface area contributed by atoms with E-state index in [4.69, 9.17) is 4.74 Å². The zero-order valence-corrected chi connectivity index (χ0v) is 15.5. The Balaban J connectivity index is 1.55. The predicted molar refractivity (Wildman–Crippen MR) is 92.5 cm³/mol. The second kappa shape index (κ2) is 5.30. The van der Waals surface area contributed by atoms with Gasteiger partial charge in [-0.25, -0.2) is 0 Å². The Bertz CT molecular complexity index is 590. The van der Waals surface area contributed by atoms with Gasteiger partial charge in [0.25, 0.3) is 0 Å². The minimum absolute atomic E-state index is 0.0165. The smallest absolute Gasteiger partial charge is 0.161 e. The Hall–Kier alpha value is -0.450. The molecule has 0 radical (unpaired) electrons. The number of rotatable bonds is 1. The Kier molecular flexibility index (Phi) is 3.54. The van der Waals surface area contributed by atoms with E-state index in [2.05, 4.69) is 6.92 Å². The molecule has 140 valence electrons. The summed E-state index contributed by atoms with van der Waals surface area (Å²) in [5, 5.41) is 21.1. The summed E-state index contributed by atoms with van der Waals surface area (Å²) in [5.74, 6) is 2.31. The molecule has 2 N–H and O–H groups in total. The van der Waals surface area contributed by atoms with Crippen molar-refractivity contribution in [1.82, 2.24) is 0 Å². The maximum atomic E-state index is 12.3. The van der Waals surface area contributed by atoms with Gasteiger partial charge in [-0.1, -0.05) is 6.92 Å². The van der Waals surface area contributed by atoms with E-state index in [-0.39, 0.29) is 34.7 Å². The van der Waals surface area contributed by atoms with E-state index >= 15 is 0 Å². The summed E-state index contributed by atoms with van der Waals surface area (Å²) >= 11 is 0. The zero-order valence-electron chi connectivity index (χ0n) is 15.5. The van der Waals surface area contributed by atoms with Gasteiger partial charge in [-0.2, -0.15) is 0 Å². The summed E-state index contributed by atoms with van der Waals surface area (Å²) in [7, 11) is 0. The van der Waals surface area contributed by atoms with Crippen molar-refractivity contribution in [2.45, 2.75) is 83.7 Å². The highest BCUT2D eigenvalue weighted by Crippen LogP contribution is 2.71. The third-order valence-corrected chi connectivity index (χ3v) is 9.41. The Labute approximate surface area is 150 Å². The number of carbonyl (C=O) groups excluding carboxylic acids is 1. The first-order valence-corrected chi connectivity index (χ1v) is 10.4. The van der Waals surface area contributed by atoms with Crippen LogP contribution in [0.2, 0.25) is 0 Å². The molecule has 5 aliphatic rings. The van der Waals surface area contributed by atoms with Crippen LogP contribution in [0.25, 0.3) is 0 Å². The molecule has 2 unspecified atom stereocenters. The van der Waals surface area contributed by atoms with Crippen molar-refractivity contribution < 1.29 is 19.7 Å². The molecule has 5 rings (SSSR count). The quantitative estimate of drug-likeness (QED) is 0.765. The maximum absolute atomic E-state index is 12.3. The van der Waals surface area contributed by atoms with Gasteiger partial charge in [-0.05, 0) is 87.4 Å². The van der Waals surface area contributed by atoms with Crippen LogP contribution in [0.4, 0.5) is 0 Å². The standard InChI is InChI=1S/C21H32O4/c1-11(22)15-5-6-16-14-4-3-12-9-13(23)7-8-20(12,2)18(14)17-10-21(15,16)19(24)25-17/h12-19,23-24H,3-10H2,1-2H3/t12-,13-,14+,15-,16+,17-,18-,19?,20+,21?/m1/s1. The van der Waals surface area contributed by atoms with Crippen LogP contribution in [0, 0.1) is 40.4 Å². The fourth-order valence-corrected chi connectivity index (χ4v) is 8.48. The highest BCUT2D eigenvalue weighted by atomic mass is 16.6. The number of ketones is 1. The minimum Gasteiger partial charge on any atom is -0.393 e. The summed E-state index contributed by atoms with van der Waals surface area (Å²) in [6, 6.07) is 0. The van der Waals surface area contributed by atoms with Gasteiger partial charge in [-0.15, -0.1) is 0 Å². The number of hydrogen-bond donors (Lipinski definition) is 2. The van der Waals surface area contributed by atoms with Crippen molar-refractivity contribution in [3.63, 3.8) is 0 Å². The average molecular weight is 348 g/mol. The van der Waals surface area contributed by atoms with Gasteiger partial charge in [0.05, 0.1) is 12.2 Å². The SMILES string of the molecule is CC(=O)[C@H]1CC[C@H]2[C@@H]3CC[C@@H]4C[C@H](O)CC[C@]4(C)[C@H]3[C@H]3CC12C(O)O3. The summed E-state index contributed by atoms with van der Waals surface area (Å²) in [4.78, 5) is 12.3. The normalized spacial score (nSPS) is 59.8. The molecule has 0 amide bonds. The number of carbonyl (C=O) groups is 1. The van der Waals surface area contributed by atoms with Crippen LogP contribution in [0.3, 0.4) is 0 Å². The fourth-order valence-electron chi connectivity index (χ4n) is 8.48. The molecular weight excluding hydrogens is 316 g/mol. The van der Waals surface area contributed by atoms with Crippen LogP contribution >= 0.6 is 0 Å². The molecule has 4 saturated carbocycles. The van der Waals surface area contributed by atoms with Gasteiger partial charge >= 0.3 is 0 Å². The van der Waals surface area contributed by atoms with Crippen molar-refractivity contribution in [3.05, 3.63) is 0 Å². The molecule has 2 bridgehead atoms. The van der Waals surface area contributed by atoms with E-state index in [0.717, 1.165) is 38.5 Å².